The predicted molar refractivity (Wildman–Crippen MR) is 70.8 cm³/mol. The number of aromatic nitrogens is 1. The number of nitrogens with one attached hydrogen (secondary N) is 1. The zero-order chi connectivity index (χ0) is 14.5. The summed E-state index contributed by atoms with van der Waals surface area (Å²) in [6.07, 6.45) is 4.07. The van der Waals surface area contributed by atoms with E-state index in [4.69, 9.17) is 5.11 Å². The maximum atomic E-state index is 11.8. The molecule has 0 aromatic carbocycles. The van der Waals surface area contributed by atoms with Crippen LogP contribution in [0.3, 0.4) is 0 Å². The van der Waals surface area contributed by atoms with Crippen molar-refractivity contribution < 1.29 is 14.7 Å². The van der Waals surface area contributed by atoms with Gasteiger partial charge in [-0.25, -0.2) is 9.59 Å². The number of carboxylic acids is 1. The van der Waals surface area contributed by atoms with Gasteiger partial charge in [-0.05, 0) is 31.9 Å². The molecule has 0 atom stereocenters. The van der Waals surface area contributed by atoms with Crippen LogP contribution in [0.5, 0.6) is 0 Å². The SMILES string of the molecule is CN(C(=O)NCCc1cccnc1)C(C)(C)C(=O)O. The second-order valence-corrected chi connectivity index (χ2v) is 4.77. The van der Waals surface area contributed by atoms with E-state index in [0.717, 1.165) is 5.56 Å². The Hall–Kier alpha value is -2.11. The molecule has 0 unspecified atom stereocenters. The van der Waals surface area contributed by atoms with E-state index in [1.807, 2.05) is 12.1 Å². The fourth-order valence-electron chi connectivity index (χ4n) is 1.38. The number of hydrogen-bond acceptors (Lipinski definition) is 3. The molecule has 2 amide bonds. The number of amides is 2. The largest absolute Gasteiger partial charge is 0.480 e. The summed E-state index contributed by atoms with van der Waals surface area (Å²) in [4.78, 5) is 28.0. The van der Waals surface area contributed by atoms with Crippen LogP contribution < -0.4 is 5.32 Å². The van der Waals surface area contributed by atoms with Gasteiger partial charge in [-0.1, -0.05) is 6.07 Å². The molecule has 19 heavy (non-hydrogen) atoms. The molecule has 1 rings (SSSR count). The summed E-state index contributed by atoms with van der Waals surface area (Å²) >= 11 is 0. The topological polar surface area (TPSA) is 82.5 Å². The monoisotopic (exact) mass is 265 g/mol. The Morgan fingerprint density at radius 1 is 1.47 bits per heavy atom. The second kappa shape index (κ2) is 6.17. The first-order chi connectivity index (χ1) is 8.85. The van der Waals surface area contributed by atoms with Gasteiger partial charge in [0.05, 0.1) is 0 Å². The number of nitrogens with zero attached hydrogens (tertiary/aromatic N) is 2. The summed E-state index contributed by atoms with van der Waals surface area (Å²) in [5, 5.41) is 11.7. The van der Waals surface area contributed by atoms with Crippen LogP contribution in [0.4, 0.5) is 4.79 Å². The normalized spacial score (nSPS) is 10.9. The molecule has 0 saturated carbocycles. The van der Waals surface area contributed by atoms with Gasteiger partial charge in [-0.2, -0.15) is 0 Å². The first-order valence-corrected chi connectivity index (χ1v) is 5.99. The first-order valence-electron chi connectivity index (χ1n) is 5.99. The molecule has 0 radical (unpaired) electrons. The lowest BCUT2D eigenvalue weighted by Crippen LogP contribution is -2.54. The number of aliphatic carboxylic acids is 1. The van der Waals surface area contributed by atoms with E-state index in [1.54, 1.807) is 12.4 Å². The van der Waals surface area contributed by atoms with Crippen molar-refractivity contribution in [2.75, 3.05) is 13.6 Å². The Bertz CT molecular complexity index is 446. The molecule has 0 aliphatic heterocycles. The van der Waals surface area contributed by atoms with E-state index >= 15 is 0 Å². The molecular formula is C13H19N3O3. The molecule has 0 aliphatic carbocycles. The minimum atomic E-state index is -1.24. The van der Waals surface area contributed by atoms with Crippen LogP contribution in [0.25, 0.3) is 0 Å². The number of pyridine rings is 1. The Labute approximate surface area is 112 Å². The maximum absolute atomic E-state index is 11.8. The number of hydrogen-bond donors (Lipinski definition) is 2. The van der Waals surface area contributed by atoms with Gasteiger partial charge in [0.2, 0.25) is 0 Å². The van der Waals surface area contributed by atoms with Crippen molar-refractivity contribution in [3.05, 3.63) is 30.1 Å². The zero-order valence-electron chi connectivity index (χ0n) is 11.4. The van der Waals surface area contributed by atoms with Crippen molar-refractivity contribution >= 4 is 12.0 Å². The van der Waals surface area contributed by atoms with Gasteiger partial charge >= 0.3 is 12.0 Å². The first kappa shape index (κ1) is 14.9. The van der Waals surface area contributed by atoms with Crippen molar-refractivity contribution in [2.45, 2.75) is 25.8 Å². The summed E-state index contributed by atoms with van der Waals surface area (Å²) in [7, 11) is 1.47. The van der Waals surface area contributed by atoms with Gasteiger partial charge in [0.25, 0.3) is 0 Å². The van der Waals surface area contributed by atoms with Crippen molar-refractivity contribution in [1.29, 1.82) is 0 Å². The van der Waals surface area contributed by atoms with Crippen molar-refractivity contribution in [3.8, 4) is 0 Å². The molecule has 0 aliphatic rings. The molecule has 104 valence electrons. The molecule has 0 saturated heterocycles. The Morgan fingerprint density at radius 2 is 2.16 bits per heavy atom. The second-order valence-electron chi connectivity index (χ2n) is 4.77. The molecule has 2 N–H and O–H groups in total. The van der Waals surface area contributed by atoms with Crippen molar-refractivity contribution in [1.82, 2.24) is 15.2 Å². The van der Waals surface area contributed by atoms with E-state index < -0.39 is 17.5 Å². The third-order valence-electron chi connectivity index (χ3n) is 3.08. The molecule has 0 bridgehead atoms. The Morgan fingerprint density at radius 3 is 2.68 bits per heavy atom. The summed E-state index contributed by atoms with van der Waals surface area (Å²) in [6, 6.07) is 3.34. The lowest BCUT2D eigenvalue weighted by Gasteiger charge is -2.31. The fourth-order valence-corrected chi connectivity index (χ4v) is 1.38. The number of urea groups is 1. The summed E-state index contributed by atoms with van der Waals surface area (Å²) in [5.41, 5.74) is -0.221. The molecule has 1 aromatic heterocycles. The summed E-state index contributed by atoms with van der Waals surface area (Å²) in [5.74, 6) is -1.04. The highest BCUT2D eigenvalue weighted by Crippen LogP contribution is 2.12. The van der Waals surface area contributed by atoms with Crippen LogP contribution in [-0.4, -0.2) is 46.1 Å². The molecule has 1 heterocycles. The summed E-state index contributed by atoms with van der Waals surface area (Å²) in [6.45, 7) is 3.40. The Kier molecular flexibility index (Phi) is 4.86. The van der Waals surface area contributed by atoms with Gasteiger partial charge in [0.1, 0.15) is 5.54 Å². The van der Waals surface area contributed by atoms with E-state index in [1.165, 1.54) is 25.8 Å². The van der Waals surface area contributed by atoms with Crippen molar-refractivity contribution in [2.24, 2.45) is 0 Å². The molecule has 0 fully saturated rings. The highest BCUT2D eigenvalue weighted by Gasteiger charge is 2.34. The fraction of sp³-hybridized carbons (Fsp3) is 0.462. The average Bonchev–Trinajstić information content (AvgIpc) is 2.38. The average molecular weight is 265 g/mol. The van der Waals surface area contributed by atoms with Gasteiger partial charge in [-0.3, -0.25) is 4.98 Å². The minimum Gasteiger partial charge on any atom is -0.480 e. The van der Waals surface area contributed by atoms with E-state index in [9.17, 15) is 9.59 Å². The van der Waals surface area contributed by atoms with E-state index in [2.05, 4.69) is 10.3 Å². The van der Waals surface area contributed by atoms with Gasteiger partial charge in [0, 0.05) is 26.0 Å². The quantitative estimate of drug-likeness (QED) is 0.836. The number of likely N-dealkylation sites (N-methyl/N-ethyl adjacent to an activating group) is 1. The Balaban J connectivity index is 2.46. The lowest BCUT2D eigenvalue weighted by atomic mass is 10.1. The third-order valence-corrected chi connectivity index (χ3v) is 3.08. The number of carbonyl (C=O) groups excluding carboxylic acids is 1. The van der Waals surface area contributed by atoms with Crippen LogP contribution in [0.2, 0.25) is 0 Å². The predicted octanol–water partition coefficient (Wildman–Crippen LogP) is 1.13. The van der Waals surface area contributed by atoms with Crippen LogP contribution in [0, 0.1) is 0 Å². The number of carbonyl (C=O) groups is 2. The summed E-state index contributed by atoms with van der Waals surface area (Å²) < 4.78 is 0. The lowest BCUT2D eigenvalue weighted by molar-refractivity contribution is -0.146. The highest BCUT2D eigenvalue weighted by molar-refractivity contribution is 5.85. The van der Waals surface area contributed by atoms with Crippen LogP contribution in [0.1, 0.15) is 19.4 Å². The van der Waals surface area contributed by atoms with Crippen LogP contribution in [-0.2, 0) is 11.2 Å². The molecular weight excluding hydrogens is 246 g/mol. The number of carboxylic acid groups (broad SMARTS) is 1. The maximum Gasteiger partial charge on any atom is 0.329 e. The molecule has 6 nitrogen and oxygen atoms in total. The number of rotatable bonds is 5. The van der Waals surface area contributed by atoms with Crippen LogP contribution >= 0.6 is 0 Å². The van der Waals surface area contributed by atoms with E-state index in [-0.39, 0.29) is 0 Å². The molecule has 0 spiro atoms. The van der Waals surface area contributed by atoms with Crippen LogP contribution in [0.15, 0.2) is 24.5 Å². The third kappa shape index (κ3) is 3.94. The van der Waals surface area contributed by atoms with Gasteiger partial charge in [0.15, 0.2) is 0 Å². The van der Waals surface area contributed by atoms with Gasteiger partial charge < -0.3 is 15.3 Å². The van der Waals surface area contributed by atoms with Gasteiger partial charge in [-0.15, -0.1) is 0 Å². The van der Waals surface area contributed by atoms with Crippen molar-refractivity contribution in [3.63, 3.8) is 0 Å². The molecule has 1 aromatic rings. The zero-order valence-corrected chi connectivity index (χ0v) is 11.4. The highest BCUT2D eigenvalue weighted by atomic mass is 16.4. The van der Waals surface area contributed by atoms with E-state index in [0.29, 0.717) is 13.0 Å². The smallest absolute Gasteiger partial charge is 0.329 e. The standard InChI is InChI=1S/C13H19N3O3/c1-13(2,11(17)18)16(3)12(19)15-8-6-10-5-4-7-14-9-10/h4-5,7,9H,6,8H2,1-3H3,(H,15,19)(H,17,18). The molecule has 6 heteroatoms. The minimum absolute atomic E-state index is 0.406.